The molecule has 2 aromatic carbocycles. The lowest BCUT2D eigenvalue weighted by molar-refractivity contribution is -0.129. The maximum Gasteiger partial charge on any atom is 0.226 e. The van der Waals surface area contributed by atoms with Crippen LogP contribution in [0.15, 0.2) is 54.6 Å². The van der Waals surface area contributed by atoms with Crippen LogP contribution in [0, 0.1) is 0 Å². The predicted octanol–water partition coefficient (Wildman–Crippen LogP) is 2.84. The number of hydrogen-bond acceptors (Lipinski definition) is 2. The van der Waals surface area contributed by atoms with Gasteiger partial charge in [0, 0.05) is 20.1 Å². The van der Waals surface area contributed by atoms with E-state index in [4.69, 9.17) is 0 Å². The van der Waals surface area contributed by atoms with E-state index in [-0.39, 0.29) is 5.91 Å². The Labute approximate surface area is 139 Å². The highest BCUT2D eigenvalue weighted by Crippen LogP contribution is 2.15. The zero-order valence-electron chi connectivity index (χ0n) is 14.3. The van der Waals surface area contributed by atoms with Gasteiger partial charge in [-0.15, -0.1) is 0 Å². The SMILES string of the molecule is CN(C)CCN(C)C(=O)Cc1ccccc1Cc1ccccc1. The second-order valence-electron chi connectivity index (χ2n) is 6.23. The van der Waals surface area contributed by atoms with Crippen LogP contribution in [0.4, 0.5) is 0 Å². The Bertz CT molecular complexity index is 623. The van der Waals surface area contributed by atoms with E-state index >= 15 is 0 Å². The number of amides is 1. The van der Waals surface area contributed by atoms with Crippen LogP contribution in [0.1, 0.15) is 16.7 Å². The summed E-state index contributed by atoms with van der Waals surface area (Å²) in [7, 11) is 5.92. The average molecular weight is 310 g/mol. The lowest BCUT2D eigenvalue weighted by Gasteiger charge is -2.20. The van der Waals surface area contributed by atoms with Gasteiger partial charge in [0.1, 0.15) is 0 Å². The Morgan fingerprint density at radius 3 is 2.09 bits per heavy atom. The van der Waals surface area contributed by atoms with Crippen molar-refractivity contribution in [1.29, 1.82) is 0 Å². The van der Waals surface area contributed by atoms with Crippen LogP contribution in [-0.4, -0.2) is 49.9 Å². The van der Waals surface area contributed by atoms with Crippen LogP contribution in [0.5, 0.6) is 0 Å². The molecule has 0 radical (unpaired) electrons. The first-order valence-electron chi connectivity index (χ1n) is 8.05. The molecule has 23 heavy (non-hydrogen) atoms. The van der Waals surface area contributed by atoms with E-state index in [2.05, 4.69) is 41.3 Å². The number of likely N-dealkylation sites (N-methyl/N-ethyl adjacent to an activating group) is 2. The fourth-order valence-electron chi connectivity index (χ4n) is 2.49. The standard InChI is InChI=1S/C20H26N2O/c1-21(2)13-14-22(3)20(23)16-19-12-8-7-11-18(19)15-17-9-5-4-6-10-17/h4-12H,13-16H2,1-3H3. The smallest absolute Gasteiger partial charge is 0.226 e. The third-order valence-electron chi connectivity index (χ3n) is 4.01. The molecule has 1 amide bonds. The summed E-state index contributed by atoms with van der Waals surface area (Å²) in [5.41, 5.74) is 3.62. The third kappa shape index (κ3) is 5.53. The van der Waals surface area contributed by atoms with Crippen molar-refractivity contribution in [2.75, 3.05) is 34.2 Å². The zero-order chi connectivity index (χ0) is 16.7. The number of carbonyl (C=O) groups excluding carboxylic acids is 1. The maximum atomic E-state index is 12.4. The van der Waals surface area contributed by atoms with Gasteiger partial charge in [0.25, 0.3) is 0 Å². The molecule has 0 N–H and O–H groups in total. The van der Waals surface area contributed by atoms with Crippen LogP contribution >= 0.6 is 0 Å². The lowest BCUT2D eigenvalue weighted by atomic mass is 9.97. The summed E-state index contributed by atoms with van der Waals surface area (Å²) >= 11 is 0. The molecule has 3 heteroatoms. The molecular formula is C20H26N2O. The monoisotopic (exact) mass is 310 g/mol. The third-order valence-corrected chi connectivity index (χ3v) is 4.01. The summed E-state index contributed by atoms with van der Waals surface area (Å²) in [4.78, 5) is 16.3. The van der Waals surface area contributed by atoms with E-state index in [0.29, 0.717) is 6.42 Å². The predicted molar refractivity (Wildman–Crippen MR) is 95.6 cm³/mol. The molecule has 122 valence electrons. The first-order chi connectivity index (χ1) is 11.1. The van der Waals surface area contributed by atoms with Gasteiger partial charge in [-0.2, -0.15) is 0 Å². The van der Waals surface area contributed by atoms with Crippen molar-refractivity contribution in [1.82, 2.24) is 9.80 Å². The summed E-state index contributed by atoms with van der Waals surface area (Å²) in [5.74, 6) is 0.173. The van der Waals surface area contributed by atoms with Gasteiger partial charge in [-0.05, 0) is 37.2 Å². The molecule has 0 aliphatic heterocycles. The van der Waals surface area contributed by atoms with Crippen LogP contribution in [-0.2, 0) is 17.6 Å². The highest BCUT2D eigenvalue weighted by Gasteiger charge is 2.12. The topological polar surface area (TPSA) is 23.6 Å². The quantitative estimate of drug-likeness (QED) is 0.785. The fourth-order valence-corrected chi connectivity index (χ4v) is 2.49. The van der Waals surface area contributed by atoms with E-state index in [0.717, 1.165) is 25.1 Å². The van der Waals surface area contributed by atoms with Gasteiger partial charge in [0.2, 0.25) is 5.91 Å². The van der Waals surface area contributed by atoms with Crippen molar-refractivity contribution in [2.45, 2.75) is 12.8 Å². The first-order valence-corrected chi connectivity index (χ1v) is 8.05. The molecule has 0 saturated heterocycles. The van der Waals surface area contributed by atoms with Gasteiger partial charge in [-0.1, -0.05) is 54.6 Å². The summed E-state index contributed by atoms with van der Waals surface area (Å²) in [5, 5.41) is 0. The van der Waals surface area contributed by atoms with Crippen molar-refractivity contribution >= 4 is 5.91 Å². The van der Waals surface area contributed by atoms with E-state index in [1.165, 1.54) is 11.1 Å². The molecule has 3 nitrogen and oxygen atoms in total. The summed E-state index contributed by atoms with van der Waals surface area (Å²) in [6.45, 7) is 1.64. The van der Waals surface area contributed by atoms with E-state index in [9.17, 15) is 4.79 Å². The van der Waals surface area contributed by atoms with Crippen molar-refractivity contribution in [3.63, 3.8) is 0 Å². The van der Waals surface area contributed by atoms with Crippen LogP contribution in [0.25, 0.3) is 0 Å². The largest absolute Gasteiger partial charge is 0.344 e. The summed E-state index contributed by atoms with van der Waals surface area (Å²) in [6, 6.07) is 18.6. The number of rotatable bonds is 7. The minimum absolute atomic E-state index is 0.173. The molecule has 0 saturated carbocycles. The second kappa shape index (κ2) is 8.49. The van der Waals surface area contributed by atoms with Crippen LogP contribution < -0.4 is 0 Å². The molecule has 0 fully saturated rings. The summed E-state index contributed by atoms with van der Waals surface area (Å²) in [6.07, 6.45) is 1.33. The Morgan fingerprint density at radius 2 is 1.43 bits per heavy atom. The normalized spacial score (nSPS) is 10.8. The molecule has 2 aromatic rings. The van der Waals surface area contributed by atoms with Crippen molar-refractivity contribution in [2.24, 2.45) is 0 Å². The Hall–Kier alpha value is -2.13. The Morgan fingerprint density at radius 1 is 0.826 bits per heavy atom. The van der Waals surface area contributed by atoms with Gasteiger partial charge in [0.15, 0.2) is 0 Å². The Kier molecular flexibility index (Phi) is 6.36. The molecule has 0 heterocycles. The van der Waals surface area contributed by atoms with Gasteiger partial charge >= 0.3 is 0 Å². The number of hydrogen-bond donors (Lipinski definition) is 0. The zero-order valence-corrected chi connectivity index (χ0v) is 14.3. The second-order valence-corrected chi connectivity index (χ2v) is 6.23. The van der Waals surface area contributed by atoms with Crippen LogP contribution in [0.2, 0.25) is 0 Å². The highest BCUT2D eigenvalue weighted by molar-refractivity contribution is 5.79. The minimum atomic E-state index is 0.173. The molecule has 0 aliphatic carbocycles. The molecule has 0 bridgehead atoms. The summed E-state index contributed by atoms with van der Waals surface area (Å²) < 4.78 is 0. The molecule has 0 spiro atoms. The molecule has 0 unspecified atom stereocenters. The van der Waals surface area contributed by atoms with Gasteiger partial charge in [0.05, 0.1) is 6.42 Å². The van der Waals surface area contributed by atoms with Crippen molar-refractivity contribution in [3.8, 4) is 0 Å². The highest BCUT2D eigenvalue weighted by atomic mass is 16.2. The van der Waals surface area contributed by atoms with Crippen LogP contribution in [0.3, 0.4) is 0 Å². The average Bonchev–Trinajstić information content (AvgIpc) is 2.55. The molecule has 0 aliphatic rings. The lowest BCUT2D eigenvalue weighted by Crippen LogP contribution is -2.34. The van der Waals surface area contributed by atoms with Gasteiger partial charge < -0.3 is 9.80 Å². The number of carbonyl (C=O) groups is 1. The number of nitrogens with zero attached hydrogens (tertiary/aromatic N) is 2. The first kappa shape index (κ1) is 17.2. The van der Waals surface area contributed by atoms with Crippen molar-refractivity contribution < 1.29 is 4.79 Å². The maximum absolute atomic E-state index is 12.4. The van der Waals surface area contributed by atoms with Gasteiger partial charge in [-0.3, -0.25) is 4.79 Å². The molecule has 2 rings (SSSR count). The Balaban J connectivity index is 2.04. The van der Waals surface area contributed by atoms with E-state index < -0.39 is 0 Å². The molecular weight excluding hydrogens is 284 g/mol. The van der Waals surface area contributed by atoms with Crippen molar-refractivity contribution in [3.05, 3.63) is 71.3 Å². The molecule has 0 atom stereocenters. The number of benzene rings is 2. The fraction of sp³-hybridized carbons (Fsp3) is 0.350. The van der Waals surface area contributed by atoms with E-state index in [1.54, 1.807) is 0 Å². The molecule has 0 aromatic heterocycles. The minimum Gasteiger partial charge on any atom is -0.344 e. The van der Waals surface area contributed by atoms with E-state index in [1.807, 2.05) is 44.2 Å². The van der Waals surface area contributed by atoms with Gasteiger partial charge in [-0.25, -0.2) is 0 Å².